The lowest BCUT2D eigenvalue weighted by Gasteiger charge is -2.22. The summed E-state index contributed by atoms with van der Waals surface area (Å²) in [7, 11) is 0. The number of halogens is 2. The maximum absolute atomic E-state index is 5.67. The van der Waals surface area contributed by atoms with Crippen molar-refractivity contribution >= 4 is 54.5 Å². The SMILES string of the molecule is C=CCOc1c(Br)cc(C=Nc2nc(-c3ccc(C4CCCCC4)cc3)cs2)cc1Br. The Kier molecular flexibility index (Phi) is 7.75. The molecule has 3 nitrogen and oxygen atoms in total. The van der Waals surface area contributed by atoms with Gasteiger partial charge in [0.15, 0.2) is 0 Å². The summed E-state index contributed by atoms with van der Waals surface area (Å²) in [5.74, 6) is 1.48. The van der Waals surface area contributed by atoms with Crippen LogP contribution in [0, 0.1) is 0 Å². The van der Waals surface area contributed by atoms with Gasteiger partial charge < -0.3 is 4.74 Å². The van der Waals surface area contributed by atoms with Crippen LogP contribution in [0.1, 0.15) is 49.1 Å². The summed E-state index contributed by atoms with van der Waals surface area (Å²) < 4.78 is 7.40. The van der Waals surface area contributed by atoms with Gasteiger partial charge in [0.1, 0.15) is 12.4 Å². The third-order valence-corrected chi connectivity index (χ3v) is 7.39. The Morgan fingerprint density at radius 1 is 1.10 bits per heavy atom. The van der Waals surface area contributed by atoms with Gasteiger partial charge in [-0.25, -0.2) is 9.98 Å². The topological polar surface area (TPSA) is 34.5 Å². The molecule has 1 aliphatic rings. The van der Waals surface area contributed by atoms with Crippen LogP contribution in [0.4, 0.5) is 5.13 Å². The number of aliphatic imine (C=N–C) groups is 1. The van der Waals surface area contributed by atoms with Crippen molar-refractivity contribution in [2.24, 2.45) is 4.99 Å². The van der Waals surface area contributed by atoms with E-state index in [0.717, 1.165) is 42.6 Å². The molecular formula is C25H24Br2N2OS. The van der Waals surface area contributed by atoms with Crippen LogP contribution in [0.3, 0.4) is 0 Å². The molecule has 0 aliphatic heterocycles. The molecule has 1 heterocycles. The van der Waals surface area contributed by atoms with E-state index in [2.05, 4.69) is 73.1 Å². The van der Waals surface area contributed by atoms with E-state index in [4.69, 9.17) is 9.72 Å². The molecule has 0 saturated heterocycles. The number of nitrogens with zero attached hydrogens (tertiary/aromatic N) is 2. The fourth-order valence-corrected chi connectivity index (χ4v) is 6.00. The van der Waals surface area contributed by atoms with Crippen molar-refractivity contribution in [1.82, 2.24) is 4.98 Å². The Balaban J connectivity index is 1.45. The van der Waals surface area contributed by atoms with E-state index in [1.165, 1.54) is 37.7 Å². The predicted octanol–water partition coefficient (Wildman–Crippen LogP) is 8.70. The summed E-state index contributed by atoms with van der Waals surface area (Å²) >= 11 is 8.67. The van der Waals surface area contributed by atoms with Crippen LogP contribution in [0.15, 0.2) is 68.4 Å². The average Bonchev–Trinajstić information content (AvgIpc) is 3.27. The summed E-state index contributed by atoms with van der Waals surface area (Å²) in [4.78, 5) is 9.27. The second-order valence-electron chi connectivity index (χ2n) is 7.64. The number of rotatable bonds is 7. The van der Waals surface area contributed by atoms with Gasteiger partial charge in [-0.1, -0.05) is 56.2 Å². The van der Waals surface area contributed by atoms with E-state index in [-0.39, 0.29) is 0 Å². The lowest BCUT2D eigenvalue weighted by atomic mass is 9.84. The van der Waals surface area contributed by atoms with E-state index in [0.29, 0.717) is 6.61 Å². The number of aromatic nitrogens is 1. The quantitative estimate of drug-likeness (QED) is 0.214. The summed E-state index contributed by atoms with van der Waals surface area (Å²) in [6.45, 7) is 4.13. The zero-order valence-electron chi connectivity index (χ0n) is 17.2. The van der Waals surface area contributed by atoms with Gasteiger partial charge in [-0.2, -0.15) is 0 Å². The van der Waals surface area contributed by atoms with Crippen LogP contribution in [0.5, 0.6) is 5.75 Å². The van der Waals surface area contributed by atoms with Crippen molar-refractivity contribution in [3.8, 4) is 17.0 Å². The third kappa shape index (κ3) is 5.73. The van der Waals surface area contributed by atoms with Crippen LogP contribution < -0.4 is 4.74 Å². The summed E-state index contributed by atoms with van der Waals surface area (Å²) in [5, 5.41) is 2.81. The van der Waals surface area contributed by atoms with Gasteiger partial charge >= 0.3 is 0 Å². The minimum atomic E-state index is 0.453. The van der Waals surface area contributed by atoms with Gasteiger partial charge in [0.05, 0.1) is 14.6 Å². The highest BCUT2D eigenvalue weighted by Crippen LogP contribution is 2.36. The monoisotopic (exact) mass is 558 g/mol. The van der Waals surface area contributed by atoms with E-state index >= 15 is 0 Å². The Bertz CT molecular complexity index is 1050. The molecular weight excluding hydrogens is 536 g/mol. The molecule has 160 valence electrons. The van der Waals surface area contributed by atoms with Gasteiger partial charge in [-0.05, 0) is 73.9 Å². The van der Waals surface area contributed by atoms with Crippen LogP contribution in [0.2, 0.25) is 0 Å². The maximum Gasteiger partial charge on any atom is 0.209 e. The molecule has 1 saturated carbocycles. The van der Waals surface area contributed by atoms with Crippen LogP contribution >= 0.6 is 43.2 Å². The number of hydrogen-bond donors (Lipinski definition) is 0. The van der Waals surface area contributed by atoms with Crippen LogP contribution in [-0.4, -0.2) is 17.8 Å². The summed E-state index contributed by atoms with van der Waals surface area (Å²) in [6, 6.07) is 12.9. The molecule has 6 heteroatoms. The van der Waals surface area contributed by atoms with Gasteiger partial charge in [-0.3, -0.25) is 0 Å². The van der Waals surface area contributed by atoms with E-state index < -0.39 is 0 Å². The van der Waals surface area contributed by atoms with Crippen molar-refractivity contribution in [3.63, 3.8) is 0 Å². The molecule has 3 aromatic rings. The van der Waals surface area contributed by atoms with Gasteiger partial charge in [0.25, 0.3) is 0 Å². The molecule has 1 aromatic heterocycles. The average molecular weight is 560 g/mol. The first-order valence-electron chi connectivity index (χ1n) is 10.5. The smallest absolute Gasteiger partial charge is 0.209 e. The molecule has 0 N–H and O–H groups in total. The van der Waals surface area contributed by atoms with Crippen molar-refractivity contribution in [3.05, 3.63) is 74.5 Å². The molecule has 0 atom stereocenters. The Hall–Kier alpha value is -1.76. The minimum Gasteiger partial charge on any atom is -0.487 e. The highest BCUT2D eigenvalue weighted by molar-refractivity contribution is 9.11. The first-order chi connectivity index (χ1) is 15.1. The second-order valence-corrected chi connectivity index (χ2v) is 10.2. The number of hydrogen-bond acceptors (Lipinski definition) is 4. The molecule has 0 radical (unpaired) electrons. The molecule has 2 aromatic carbocycles. The molecule has 0 amide bonds. The van der Waals surface area contributed by atoms with Gasteiger partial charge in [-0.15, -0.1) is 11.3 Å². The van der Waals surface area contributed by atoms with Crippen LogP contribution in [0.25, 0.3) is 11.3 Å². The van der Waals surface area contributed by atoms with E-state index in [9.17, 15) is 0 Å². The first kappa shape index (κ1) is 22.4. The fraction of sp³-hybridized carbons (Fsp3) is 0.280. The number of benzene rings is 2. The molecule has 0 unspecified atom stereocenters. The zero-order chi connectivity index (χ0) is 21.6. The lowest BCUT2D eigenvalue weighted by molar-refractivity contribution is 0.358. The third-order valence-electron chi connectivity index (χ3n) is 5.47. The highest BCUT2D eigenvalue weighted by Gasteiger charge is 2.15. The number of ether oxygens (including phenoxy) is 1. The van der Waals surface area contributed by atoms with Crippen molar-refractivity contribution in [1.29, 1.82) is 0 Å². The first-order valence-corrected chi connectivity index (χ1v) is 12.9. The Morgan fingerprint density at radius 3 is 2.48 bits per heavy atom. The normalized spacial score (nSPS) is 14.8. The molecule has 1 fully saturated rings. The van der Waals surface area contributed by atoms with Crippen molar-refractivity contribution < 1.29 is 4.74 Å². The van der Waals surface area contributed by atoms with E-state index in [1.54, 1.807) is 17.4 Å². The lowest BCUT2D eigenvalue weighted by Crippen LogP contribution is -2.04. The molecule has 0 spiro atoms. The Morgan fingerprint density at radius 2 is 1.81 bits per heavy atom. The van der Waals surface area contributed by atoms with Crippen molar-refractivity contribution in [2.75, 3.05) is 6.61 Å². The number of thiazole rings is 1. The van der Waals surface area contributed by atoms with E-state index in [1.807, 2.05) is 18.3 Å². The standard InChI is InChI=1S/C25H24Br2N2OS/c1-2-12-30-24-21(26)13-17(14-22(24)27)15-28-25-29-23(16-31-25)20-10-8-19(9-11-20)18-6-4-3-5-7-18/h2,8-11,13-16,18H,1,3-7,12H2. The summed E-state index contributed by atoms with van der Waals surface area (Å²) in [6.07, 6.45) is 10.3. The summed E-state index contributed by atoms with van der Waals surface area (Å²) in [5.41, 5.74) is 4.54. The predicted molar refractivity (Wildman–Crippen MR) is 138 cm³/mol. The molecule has 0 bridgehead atoms. The minimum absolute atomic E-state index is 0.453. The van der Waals surface area contributed by atoms with Gasteiger partial charge in [0.2, 0.25) is 5.13 Å². The Labute approximate surface area is 204 Å². The largest absolute Gasteiger partial charge is 0.487 e. The molecule has 4 rings (SSSR count). The zero-order valence-corrected chi connectivity index (χ0v) is 21.2. The maximum atomic E-state index is 5.67. The van der Waals surface area contributed by atoms with Gasteiger partial charge in [0, 0.05) is 17.2 Å². The fourth-order valence-electron chi connectivity index (χ4n) is 3.88. The van der Waals surface area contributed by atoms with Crippen LogP contribution in [-0.2, 0) is 0 Å². The highest BCUT2D eigenvalue weighted by atomic mass is 79.9. The molecule has 31 heavy (non-hydrogen) atoms. The van der Waals surface area contributed by atoms with Crippen molar-refractivity contribution in [2.45, 2.75) is 38.0 Å². The molecule has 1 aliphatic carbocycles. The second kappa shape index (κ2) is 10.7.